The zero-order valence-electron chi connectivity index (χ0n) is 10.8. The van der Waals surface area contributed by atoms with E-state index in [1.54, 1.807) is 0 Å². The van der Waals surface area contributed by atoms with Crippen molar-refractivity contribution in [2.24, 2.45) is 7.05 Å². The largest absolute Gasteiger partial charge is 0.441 e. The molecule has 94 valence electrons. The summed E-state index contributed by atoms with van der Waals surface area (Å²) in [4.78, 5) is 0. The van der Waals surface area contributed by atoms with E-state index in [9.17, 15) is 0 Å². The third-order valence-corrected chi connectivity index (χ3v) is 3.08. The van der Waals surface area contributed by atoms with Crippen LogP contribution in [0.25, 0.3) is 11.3 Å². The summed E-state index contributed by atoms with van der Waals surface area (Å²) in [6.45, 7) is 4.01. The summed E-state index contributed by atoms with van der Waals surface area (Å²) in [5, 5.41) is 0. The van der Waals surface area contributed by atoms with Crippen LogP contribution in [0.3, 0.4) is 0 Å². The smallest absolute Gasteiger partial charge is 0.259 e. The maximum atomic E-state index is 5.77. The van der Waals surface area contributed by atoms with E-state index in [1.807, 2.05) is 49.1 Å². The minimum atomic E-state index is 0.584. The van der Waals surface area contributed by atoms with Crippen molar-refractivity contribution in [3.8, 4) is 17.1 Å². The third kappa shape index (κ3) is 2.73. The van der Waals surface area contributed by atoms with Crippen molar-refractivity contribution in [1.29, 1.82) is 0 Å². The standard InChI is InChI=1S/C13H16N3OS/c1-4-11(5-2)17-13-12(14-18-15-13)10-7-6-8-16(3)9-10/h4,6-9H,5H2,1-3H3/q+1. The van der Waals surface area contributed by atoms with Gasteiger partial charge in [-0.3, -0.25) is 0 Å². The first-order chi connectivity index (χ1) is 8.74. The molecule has 0 amide bonds. The Labute approximate surface area is 111 Å². The Balaban J connectivity index is 2.33. The SMILES string of the molecule is CC=C(CC)Oc1nsnc1-c1ccc[n+](C)c1. The zero-order valence-corrected chi connectivity index (χ0v) is 11.6. The Morgan fingerprint density at radius 3 is 3.00 bits per heavy atom. The van der Waals surface area contributed by atoms with Gasteiger partial charge in [-0.05, 0) is 19.1 Å². The second-order valence-corrected chi connectivity index (χ2v) is 4.42. The van der Waals surface area contributed by atoms with Gasteiger partial charge in [0.15, 0.2) is 18.1 Å². The molecule has 0 spiro atoms. The number of aromatic nitrogens is 3. The van der Waals surface area contributed by atoms with Crippen LogP contribution in [0.15, 0.2) is 36.4 Å². The van der Waals surface area contributed by atoms with Gasteiger partial charge in [0.2, 0.25) is 0 Å². The number of rotatable bonds is 4. The minimum absolute atomic E-state index is 0.584. The van der Waals surface area contributed by atoms with Crippen LogP contribution in [0.1, 0.15) is 20.3 Å². The van der Waals surface area contributed by atoms with Crippen LogP contribution in [0.2, 0.25) is 0 Å². The topological polar surface area (TPSA) is 38.9 Å². The van der Waals surface area contributed by atoms with Gasteiger partial charge in [-0.15, -0.1) is 4.37 Å². The molecule has 0 aliphatic heterocycles. The second kappa shape index (κ2) is 5.73. The molecule has 18 heavy (non-hydrogen) atoms. The molecule has 0 N–H and O–H groups in total. The summed E-state index contributed by atoms with van der Waals surface area (Å²) in [6, 6.07) is 3.99. The monoisotopic (exact) mass is 262 g/mol. The van der Waals surface area contributed by atoms with E-state index >= 15 is 0 Å². The average Bonchev–Trinajstić information content (AvgIpc) is 2.84. The lowest BCUT2D eigenvalue weighted by Gasteiger charge is -2.05. The fourth-order valence-corrected chi connectivity index (χ4v) is 2.11. The lowest BCUT2D eigenvalue weighted by molar-refractivity contribution is -0.671. The number of aryl methyl sites for hydroxylation is 1. The fraction of sp³-hybridized carbons (Fsp3) is 0.308. The Kier molecular flexibility index (Phi) is 4.04. The van der Waals surface area contributed by atoms with Crippen molar-refractivity contribution in [3.63, 3.8) is 0 Å². The Bertz CT molecular complexity index is 563. The summed E-state index contributed by atoms with van der Waals surface area (Å²) in [5.41, 5.74) is 1.80. The molecule has 2 rings (SSSR count). The summed E-state index contributed by atoms with van der Waals surface area (Å²) in [6.07, 6.45) is 6.78. The van der Waals surface area contributed by atoms with Gasteiger partial charge in [-0.25, -0.2) is 4.57 Å². The summed E-state index contributed by atoms with van der Waals surface area (Å²) >= 11 is 1.17. The molecule has 2 aromatic rings. The fourth-order valence-electron chi connectivity index (χ4n) is 1.61. The van der Waals surface area contributed by atoms with Gasteiger partial charge in [0.25, 0.3) is 5.88 Å². The number of hydrogen-bond acceptors (Lipinski definition) is 4. The second-order valence-electron chi connectivity index (χ2n) is 3.89. The first kappa shape index (κ1) is 12.7. The van der Waals surface area contributed by atoms with Crippen molar-refractivity contribution in [2.75, 3.05) is 0 Å². The van der Waals surface area contributed by atoms with E-state index < -0.39 is 0 Å². The zero-order chi connectivity index (χ0) is 13.0. The van der Waals surface area contributed by atoms with Crippen molar-refractivity contribution in [1.82, 2.24) is 8.75 Å². The molecule has 4 nitrogen and oxygen atoms in total. The molecule has 0 radical (unpaired) electrons. The van der Waals surface area contributed by atoms with Gasteiger partial charge in [0.05, 0.1) is 17.3 Å². The number of ether oxygens (including phenoxy) is 1. The average molecular weight is 262 g/mol. The van der Waals surface area contributed by atoms with Crippen molar-refractivity contribution in [2.45, 2.75) is 20.3 Å². The van der Waals surface area contributed by atoms with Crippen molar-refractivity contribution >= 4 is 11.7 Å². The third-order valence-electron chi connectivity index (χ3n) is 2.57. The first-order valence-electron chi connectivity index (χ1n) is 5.85. The molecule has 0 aliphatic rings. The van der Waals surface area contributed by atoms with Gasteiger partial charge >= 0.3 is 0 Å². The molecule has 0 fully saturated rings. The van der Waals surface area contributed by atoms with Crippen LogP contribution in [-0.2, 0) is 7.05 Å². The highest BCUT2D eigenvalue weighted by atomic mass is 32.1. The van der Waals surface area contributed by atoms with Gasteiger partial charge in [0, 0.05) is 12.5 Å². The highest BCUT2D eigenvalue weighted by Crippen LogP contribution is 2.28. The maximum absolute atomic E-state index is 5.77. The van der Waals surface area contributed by atoms with Crippen molar-refractivity contribution in [3.05, 3.63) is 36.4 Å². The van der Waals surface area contributed by atoms with E-state index in [0.29, 0.717) is 5.88 Å². The van der Waals surface area contributed by atoms with Crippen LogP contribution in [-0.4, -0.2) is 8.75 Å². The number of hydrogen-bond donors (Lipinski definition) is 0. The summed E-state index contributed by atoms with van der Waals surface area (Å²) < 4.78 is 16.3. The molecule has 0 aliphatic carbocycles. The lowest BCUT2D eigenvalue weighted by atomic mass is 10.2. The molecule has 5 heteroatoms. The lowest BCUT2D eigenvalue weighted by Crippen LogP contribution is -2.26. The molecule has 0 aromatic carbocycles. The number of allylic oxidation sites excluding steroid dienone is 2. The quantitative estimate of drug-likeness (QED) is 0.628. The van der Waals surface area contributed by atoms with E-state index in [0.717, 1.165) is 23.4 Å². The molecule has 0 unspecified atom stereocenters. The number of nitrogens with zero attached hydrogens (tertiary/aromatic N) is 3. The predicted molar refractivity (Wildman–Crippen MR) is 71.2 cm³/mol. The minimum Gasteiger partial charge on any atom is -0.441 e. The van der Waals surface area contributed by atoms with E-state index in [2.05, 4.69) is 15.7 Å². The number of pyridine rings is 1. The molecule has 0 saturated heterocycles. The van der Waals surface area contributed by atoms with Crippen molar-refractivity contribution < 1.29 is 9.30 Å². The highest BCUT2D eigenvalue weighted by Gasteiger charge is 2.15. The molecular weight excluding hydrogens is 246 g/mol. The maximum Gasteiger partial charge on any atom is 0.259 e. The van der Waals surface area contributed by atoms with Crippen LogP contribution in [0.5, 0.6) is 5.88 Å². The summed E-state index contributed by atoms with van der Waals surface area (Å²) in [7, 11) is 1.98. The predicted octanol–water partition coefficient (Wildman–Crippen LogP) is 2.72. The van der Waals surface area contributed by atoms with E-state index in [-0.39, 0.29) is 0 Å². The van der Waals surface area contributed by atoms with Crippen LogP contribution >= 0.6 is 11.7 Å². The molecule has 0 saturated carbocycles. The summed E-state index contributed by atoms with van der Waals surface area (Å²) in [5.74, 6) is 1.49. The normalized spacial score (nSPS) is 11.6. The van der Waals surface area contributed by atoms with Gasteiger partial charge in [-0.2, -0.15) is 4.37 Å². The first-order valence-corrected chi connectivity index (χ1v) is 6.59. The molecular formula is C13H16N3OS+. The molecule has 2 aromatic heterocycles. The Hall–Kier alpha value is -1.75. The van der Waals surface area contributed by atoms with Crippen LogP contribution < -0.4 is 9.30 Å². The van der Waals surface area contributed by atoms with E-state index in [4.69, 9.17) is 4.74 Å². The van der Waals surface area contributed by atoms with Gasteiger partial charge in [0.1, 0.15) is 12.8 Å². The van der Waals surface area contributed by atoms with Crippen LogP contribution in [0.4, 0.5) is 0 Å². The molecule has 0 bridgehead atoms. The Morgan fingerprint density at radius 2 is 2.33 bits per heavy atom. The molecule has 2 heterocycles. The van der Waals surface area contributed by atoms with Gasteiger partial charge < -0.3 is 4.74 Å². The Morgan fingerprint density at radius 1 is 1.50 bits per heavy atom. The molecule has 0 atom stereocenters. The van der Waals surface area contributed by atoms with Gasteiger partial charge in [-0.1, -0.05) is 6.92 Å². The van der Waals surface area contributed by atoms with E-state index in [1.165, 1.54) is 11.7 Å². The highest BCUT2D eigenvalue weighted by molar-refractivity contribution is 6.99. The van der Waals surface area contributed by atoms with Crippen LogP contribution in [0, 0.1) is 0 Å².